The average molecular weight is 332 g/mol. The minimum Gasteiger partial charge on any atom is -0.488 e. The number of carbonyl (C=O) groups excluding carboxylic acids is 1. The second-order valence-electron chi connectivity index (χ2n) is 5.97. The molecule has 0 spiro atoms. The molecule has 0 saturated carbocycles. The fraction of sp³-hybridized carbons (Fsp3) is 0.333. The molecule has 0 radical (unpaired) electrons. The summed E-state index contributed by atoms with van der Waals surface area (Å²) < 4.78 is 18.2. The van der Waals surface area contributed by atoms with Crippen LogP contribution in [-0.4, -0.2) is 17.5 Å². The lowest BCUT2D eigenvalue weighted by molar-refractivity contribution is -0.120. The lowest BCUT2D eigenvalue weighted by Crippen LogP contribution is -2.25. The van der Waals surface area contributed by atoms with Crippen LogP contribution in [0.15, 0.2) is 41.3 Å². The van der Waals surface area contributed by atoms with E-state index in [4.69, 9.17) is 4.74 Å². The topological polar surface area (TPSA) is 71.2 Å². The van der Waals surface area contributed by atoms with Crippen molar-refractivity contribution in [3.63, 3.8) is 0 Å². The van der Waals surface area contributed by atoms with Crippen LogP contribution in [0.1, 0.15) is 25.1 Å². The molecule has 0 aliphatic heterocycles. The van der Waals surface area contributed by atoms with E-state index in [-0.39, 0.29) is 35.9 Å². The Morgan fingerprint density at radius 2 is 2.00 bits per heavy atom. The van der Waals surface area contributed by atoms with E-state index in [2.05, 4.69) is 10.3 Å². The monoisotopic (exact) mass is 332 g/mol. The number of aromatic nitrogens is 1. The first kappa shape index (κ1) is 17.7. The van der Waals surface area contributed by atoms with Gasteiger partial charge in [-0.15, -0.1) is 0 Å². The predicted molar refractivity (Wildman–Crippen MR) is 89.3 cm³/mol. The van der Waals surface area contributed by atoms with Gasteiger partial charge in [0.1, 0.15) is 5.82 Å². The summed E-state index contributed by atoms with van der Waals surface area (Å²) in [5.41, 5.74) is 1.08. The van der Waals surface area contributed by atoms with Crippen molar-refractivity contribution >= 4 is 5.91 Å². The Bertz CT molecular complexity index is 739. The van der Waals surface area contributed by atoms with Gasteiger partial charge in [0.05, 0.1) is 19.6 Å². The third-order valence-electron chi connectivity index (χ3n) is 3.26. The molecule has 1 heterocycles. The molecule has 5 nitrogen and oxygen atoms in total. The molecule has 128 valence electrons. The summed E-state index contributed by atoms with van der Waals surface area (Å²) in [5.74, 6) is 0.0546. The second-order valence-corrected chi connectivity index (χ2v) is 5.97. The molecule has 0 fully saturated rings. The molecule has 0 atom stereocenters. The zero-order chi connectivity index (χ0) is 17.5. The van der Waals surface area contributed by atoms with Crippen molar-refractivity contribution in [1.82, 2.24) is 10.3 Å². The summed E-state index contributed by atoms with van der Waals surface area (Å²) >= 11 is 0. The van der Waals surface area contributed by atoms with Crippen LogP contribution in [0, 0.1) is 11.7 Å². The van der Waals surface area contributed by atoms with Gasteiger partial charge in [0, 0.05) is 18.0 Å². The lowest BCUT2D eigenvalue weighted by atomic mass is 10.1. The number of aromatic amines is 1. The van der Waals surface area contributed by atoms with E-state index in [9.17, 15) is 14.0 Å². The number of nitrogens with one attached hydrogen (secondary N) is 2. The van der Waals surface area contributed by atoms with Gasteiger partial charge in [0.15, 0.2) is 5.75 Å². The van der Waals surface area contributed by atoms with Crippen molar-refractivity contribution in [2.45, 2.75) is 26.8 Å². The highest BCUT2D eigenvalue weighted by atomic mass is 19.1. The van der Waals surface area contributed by atoms with Crippen LogP contribution in [0.4, 0.5) is 4.39 Å². The zero-order valence-corrected chi connectivity index (χ0v) is 13.8. The quantitative estimate of drug-likeness (QED) is 0.818. The van der Waals surface area contributed by atoms with E-state index in [1.807, 2.05) is 13.8 Å². The third-order valence-corrected chi connectivity index (χ3v) is 3.26. The van der Waals surface area contributed by atoms with Crippen molar-refractivity contribution in [1.29, 1.82) is 0 Å². The fourth-order valence-corrected chi connectivity index (χ4v) is 2.02. The van der Waals surface area contributed by atoms with Gasteiger partial charge in [-0.05, 0) is 23.6 Å². The van der Waals surface area contributed by atoms with Gasteiger partial charge < -0.3 is 15.0 Å². The van der Waals surface area contributed by atoms with Gasteiger partial charge in [-0.25, -0.2) is 4.39 Å². The van der Waals surface area contributed by atoms with Crippen molar-refractivity contribution in [2.75, 3.05) is 6.61 Å². The third kappa shape index (κ3) is 5.53. The van der Waals surface area contributed by atoms with Crippen LogP contribution in [0.25, 0.3) is 0 Å². The molecule has 0 aliphatic rings. The summed E-state index contributed by atoms with van der Waals surface area (Å²) in [6, 6.07) is 7.18. The molecule has 0 bridgehead atoms. The fourth-order valence-electron chi connectivity index (χ4n) is 2.02. The van der Waals surface area contributed by atoms with E-state index >= 15 is 0 Å². The summed E-state index contributed by atoms with van der Waals surface area (Å²) in [7, 11) is 0. The Morgan fingerprint density at radius 3 is 2.62 bits per heavy atom. The number of ether oxygens (including phenoxy) is 1. The van der Waals surface area contributed by atoms with Crippen LogP contribution in [0.5, 0.6) is 5.75 Å². The van der Waals surface area contributed by atoms with Crippen LogP contribution >= 0.6 is 0 Å². The van der Waals surface area contributed by atoms with Gasteiger partial charge in [-0.2, -0.15) is 0 Å². The second kappa shape index (κ2) is 8.29. The maximum atomic E-state index is 12.8. The number of rotatable bonds is 7. The molecular weight excluding hydrogens is 311 g/mol. The zero-order valence-electron chi connectivity index (χ0n) is 13.8. The first-order valence-electron chi connectivity index (χ1n) is 7.79. The standard InChI is InChI=1S/C18H21FN2O3/c1-12(2)11-24-17-10-20-15(8-16(17)22)9-21-18(23)7-13-3-5-14(19)6-4-13/h3-6,8,10,12H,7,9,11H2,1-2H3,(H,20,22)(H,21,23). The maximum Gasteiger partial charge on any atom is 0.224 e. The molecule has 24 heavy (non-hydrogen) atoms. The molecule has 1 aromatic carbocycles. The summed E-state index contributed by atoms with van der Waals surface area (Å²) in [6.07, 6.45) is 1.66. The van der Waals surface area contributed by atoms with Gasteiger partial charge in [0.25, 0.3) is 0 Å². The molecule has 1 amide bonds. The first-order chi connectivity index (χ1) is 11.4. The summed E-state index contributed by atoms with van der Waals surface area (Å²) in [5, 5.41) is 2.72. The normalized spacial score (nSPS) is 10.7. The van der Waals surface area contributed by atoms with Gasteiger partial charge in [-0.1, -0.05) is 26.0 Å². The van der Waals surface area contributed by atoms with E-state index in [1.54, 1.807) is 12.1 Å². The molecule has 0 unspecified atom stereocenters. The first-order valence-corrected chi connectivity index (χ1v) is 7.79. The highest BCUT2D eigenvalue weighted by Crippen LogP contribution is 2.05. The summed E-state index contributed by atoms with van der Waals surface area (Å²) in [4.78, 5) is 26.7. The molecule has 0 saturated heterocycles. The average Bonchev–Trinajstić information content (AvgIpc) is 2.54. The number of carbonyl (C=O) groups is 1. The number of hydrogen-bond donors (Lipinski definition) is 2. The van der Waals surface area contributed by atoms with Crippen molar-refractivity contribution < 1.29 is 13.9 Å². The van der Waals surface area contributed by atoms with Crippen molar-refractivity contribution in [3.8, 4) is 5.75 Å². The van der Waals surface area contributed by atoms with E-state index in [0.717, 1.165) is 5.56 Å². The van der Waals surface area contributed by atoms with Gasteiger partial charge in [0.2, 0.25) is 11.3 Å². The maximum absolute atomic E-state index is 12.8. The number of H-pyrrole nitrogens is 1. The highest BCUT2D eigenvalue weighted by Gasteiger charge is 2.07. The Kier molecular flexibility index (Phi) is 6.12. The van der Waals surface area contributed by atoms with E-state index in [1.165, 1.54) is 24.4 Å². The van der Waals surface area contributed by atoms with E-state index in [0.29, 0.717) is 18.2 Å². The van der Waals surface area contributed by atoms with Crippen LogP contribution in [-0.2, 0) is 17.8 Å². The van der Waals surface area contributed by atoms with Crippen LogP contribution in [0.3, 0.4) is 0 Å². The van der Waals surface area contributed by atoms with Crippen molar-refractivity contribution in [3.05, 3.63) is 63.8 Å². The van der Waals surface area contributed by atoms with E-state index < -0.39 is 0 Å². The Labute approximate surface area is 139 Å². The molecule has 2 rings (SSSR count). The number of hydrogen-bond acceptors (Lipinski definition) is 3. The molecule has 2 N–H and O–H groups in total. The molecule has 1 aromatic heterocycles. The van der Waals surface area contributed by atoms with Crippen molar-refractivity contribution in [2.24, 2.45) is 5.92 Å². The molecular formula is C18H21FN2O3. The molecule has 0 aliphatic carbocycles. The predicted octanol–water partition coefficient (Wildman–Crippen LogP) is 2.41. The van der Waals surface area contributed by atoms with Gasteiger partial charge >= 0.3 is 0 Å². The SMILES string of the molecule is CC(C)COc1c[nH]c(CNC(=O)Cc2ccc(F)cc2)cc1=O. The number of halogens is 1. The number of pyridine rings is 1. The minimum atomic E-state index is -0.337. The minimum absolute atomic E-state index is 0.153. The largest absolute Gasteiger partial charge is 0.488 e. The Morgan fingerprint density at radius 1 is 1.29 bits per heavy atom. The number of amides is 1. The molecule has 2 aromatic rings. The summed E-state index contributed by atoms with van der Waals surface area (Å²) in [6.45, 7) is 4.68. The lowest BCUT2D eigenvalue weighted by Gasteiger charge is -2.09. The number of benzene rings is 1. The Balaban J connectivity index is 1.87. The Hall–Kier alpha value is -2.63. The van der Waals surface area contributed by atoms with Gasteiger partial charge in [-0.3, -0.25) is 9.59 Å². The van der Waals surface area contributed by atoms with Crippen LogP contribution < -0.4 is 15.5 Å². The highest BCUT2D eigenvalue weighted by molar-refractivity contribution is 5.78. The van der Waals surface area contributed by atoms with Crippen LogP contribution in [0.2, 0.25) is 0 Å². The smallest absolute Gasteiger partial charge is 0.224 e. The molecule has 6 heteroatoms.